The van der Waals surface area contributed by atoms with Gasteiger partial charge in [-0.2, -0.15) is 0 Å². The summed E-state index contributed by atoms with van der Waals surface area (Å²) < 4.78 is 29.0. The molecular formula is C14H19NO4S. The van der Waals surface area contributed by atoms with Crippen molar-refractivity contribution in [2.75, 3.05) is 11.5 Å². The molecule has 0 spiro atoms. The van der Waals surface area contributed by atoms with Gasteiger partial charge in [-0.25, -0.2) is 8.42 Å². The lowest BCUT2D eigenvalue weighted by molar-refractivity contribution is -0.145. The van der Waals surface area contributed by atoms with Crippen LogP contribution in [-0.2, 0) is 25.1 Å². The number of sulfone groups is 1. The summed E-state index contributed by atoms with van der Waals surface area (Å²) in [5.74, 6) is -1.38. The minimum atomic E-state index is -3.50. The van der Waals surface area contributed by atoms with E-state index in [1.165, 1.54) is 0 Å². The maximum Gasteiger partial charge on any atom is 0.321 e. The summed E-state index contributed by atoms with van der Waals surface area (Å²) in [4.78, 5) is 11.6. The number of hydrogen-bond donors (Lipinski definition) is 1. The molecule has 0 bridgehead atoms. The van der Waals surface area contributed by atoms with Crippen LogP contribution in [0.5, 0.6) is 0 Å². The fourth-order valence-corrected chi connectivity index (χ4v) is 3.55. The molecule has 0 atom stereocenters. The van der Waals surface area contributed by atoms with Gasteiger partial charge in [0.25, 0.3) is 0 Å². The summed E-state index contributed by atoms with van der Waals surface area (Å²) in [6.45, 7) is 0. The highest BCUT2D eigenvalue weighted by Gasteiger charge is 2.23. The Kier molecular flexibility index (Phi) is 4.65. The molecule has 1 aliphatic rings. The molecule has 1 fully saturated rings. The first kappa shape index (κ1) is 14.8. The second kappa shape index (κ2) is 6.26. The maximum absolute atomic E-state index is 11.9. The van der Waals surface area contributed by atoms with Crippen LogP contribution in [0.3, 0.4) is 0 Å². The molecule has 1 aliphatic carbocycles. The molecule has 1 saturated carbocycles. The van der Waals surface area contributed by atoms with Crippen molar-refractivity contribution in [2.45, 2.75) is 37.5 Å². The van der Waals surface area contributed by atoms with E-state index < -0.39 is 21.6 Å². The van der Waals surface area contributed by atoms with E-state index in [-0.39, 0.29) is 11.9 Å². The fraction of sp³-hybridized carbons (Fsp3) is 0.500. The van der Waals surface area contributed by atoms with Crippen LogP contribution >= 0.6 is 0 Å². The molecule has 1 aromatic carbocycles. The van der Waals surface area contributed by atoms with Crippen LogP contribution in [0.1, 0.15) is 31.2 Å². The Morgan fingerprint density at radius 2 is 1.80 bits per heavy atom. The first-order chi connectivity index (χ1) is 9.44. The Morgan fingerprint density at radius 1 is 1.20 bits per heavy atom. The van der Waals surface area contributed by atoms with Crippen molar-refractivity contribution in [3.63, 3.8) is 0 Å². The Labute approximate surface area is 119 Å². The Hall–Kier alpha value is -1.56. The quantitative estimate of drug-likeness (QED) is 0.660. The zero-order valence-electron chi connectivity index (χ0n) is 11.2. The lowest BCUT2D eigenvalue weighted by atomic mass is 10.2. The molecule has 0 amide bonds. The summed E-state index contributed by atoms with van der Waals surface area (Å²) in [6.07, 6.45) is 3.65. The van der Waals surface area contributed by atoms with Gasteiger partial charge >= 0.3 is 5.97 Å². The summed E-state index contributed by atoms with van der Waals surface area (Å²) in [6, 6.07) is 6.58. The third-order valence-corrected chi connectivity index (χ3v) is 4.75. The fourth-order valence-electron chi connectivity index (χ4n) is 2.32. The highest BCUT2D eigenvalue weighted by atomic mass is 32.2. The minimum absolute atomic E-state index is 0.103. The Bertz CT molecular complexity index is 559. The van der Waals surface area contributed by atoms with Crippen LogP contribution in [0.15, 0.2) is 24.3 Å². The minimum Gasteiger partial charge on any atom is -0.462 e. The molecule has 1 aromatic rings. The van der Waals surface area contributed by atoms with Gasteiger partial charge in [-0.15, -0.1) is 0 Å². The normalized spacial score (nSPS) is 16.2. The van der Waals surface area contributed by atoms with Gasteiger partial charge in [0.2, 0.25) is 0 Å². The molecule has 2 rings (SSSR count). The average Bonchev–Trinajstić information content (AvgIpc) is 2.83. The van der Waals surface area contributed by atoms with Gasteiger partial charge in [-0.1, -0.05) is 12.1 Å². The van der Waals surface area contributed by atoms with Gasteiger partial charge in [0, 0.05) is 5.69 Å². The molecule has 0 aromatic heterocycles. The maximum atomic E-state index is 11.9. The number of carbonyl (C=O) groups excluding carboxylic acids is 1. The van der Waals surface area contributed by atoms with Crippen molar-refractivity contribution in [2.24, 2.45) is 0 Å². The molecule has 0 unspecified atom stereocenters. The van der Waals surface area contributed by atoms with E-state index in [4.69, 9.17) is 10.5 Å². The molecule has 110 valence electrons. The van der Waals surface area contributed by atoms with Gasteiger partial charge in [-0.05, 0) is 43.4 Å². The van der Waals surface area contributed by atoms with Crippen LogP contribution in [0.25, 0.3) is 0 Å². The zero-order chi connectivity index (χ0) is 14.6. The van der Waals surface area contributed by atoms with Gasteiger partial charge in [0.05, 0.1) is 5.75 Å². The number of ether oxygens (including phenoxy) is 1. The second-order valence-corrected chi connectivity index (χ2v) is 7.23. The van der Waals surface area contributed by atoms with Crippen LogP contribution in [-0.4, -0.2) is 26.2 Å². The summed E-state index contributed by atoms with van der Waals surface area (Å²) in [7, 11) is -3.50. The Balaban J connectivity index is 1.89. The van der Waals surface area contributed by atoms with E-state index in [1.807, 2.05) is 0 Å². The van der Waals surface area contributed by atoms with Crippen molar-refractivity contribution >= 4 is 21.5 Å². The molecule has 2 N–H and O–H groups in total. The first-order valence-corrected chi connectivity index (χ1v) is 8.51. The molecule has 20 heavy (non-hydrogen) atoms. The Morgan fingerprint density at radius 3 is 2.40 bits per heavy atom. The number of hydrogen-bond acceptors (Lipinski definition) is 5. The van der Waals surface area contributed by atoms with Gasteiger partial charge < -0.3 is 10.5 Å². The molecule has 0 heterocycles. The summed E-state index contributed by atoms with van der Waals surface area (Å²) in [5.41, 5.74) is 6.73. The molecule has 0 saturated heterocycles. The smallest absolute Gasteiger partial charge is 0.321 e. The van der Waals surface area contributed by atoms with Gasteiger partial charge in [0.15, 0.2) is 9.84 Å². The molecule has 0 aliphatic heterocycles. The van der Waals surface area contributed by atoms with Crippen LogP contribution < -0.4 is 5.73 Å². The topological polar surface area (TPSA) is 86.5 Å². The third-order valence-electron chi connectivity index (χ3n) is 3.30. The number of nitrogens with two attached hydrogens (primary N) is 1. The number of rotatable bonds is 5. The van der Waals surface area contributed by atoms with Crippen molar-refractivity contribution in [3.8, 4) is 0 Å². The van der Waals surface area contributed by atoms with E-state index in [0.717, 1.165) is 25.7 Å². The molecular weight excluding hydrogens is 278 g/mol. The lowest BCUT2D eigenvalue weighted by Crippen LogP contribution is -2.23. The number of benzene rings is 1. The number of anilines is 1. The molecule has 5 nitrogen and oxygen atoms in total. The van der Waals surface area contributed by atoms with E-state index in [9.17, 15) is 13.2 Å². The van der Waals surface area contributed by atoms with Gasteiger partial charge in [0.1, 0.15) is 11.9 Å². The first-order valence-electron chi connectivity index (χ1n) is 6.69. The summed E-state index contributed by atoms with van der Waals surface area (Å²) >= 11 is 0. The van der Waals surface area contributed by atoms with E-state index >= 15 is 0 Å². The van der Waals surface area contributed by atoms with Crippen LogP contribution in [0, 0.1) is 0 Å². The van der Waals surface area contributed by atoms with Crippen molar-refractivity contribution in [3.05, 3.63) is 29.8 Å². The molecule has 6 heteroatoms. The highest BCUT2D eigenvalue weighted by molar-refractivity contribution is 7.91. The van der Waals surface area contributed by atoms with Crippen molar-refractivity contribution in [1.82, 2.24) is 0 Å². The van der Waals surface area contributed by atoms with Crippen LogP contribution in [0.2, 0.25) is 0 Å². The number of carbonyl (C=O) groups is 1. The van der Waals surface area contributed by atoms with Crippen molar-refractivity contribution in [1.29, 1.82) is 0 Å². The van der Waals surface area contributed by atoms with Crippen LogP contribution in [0.4, 0.5) is 5.69 Å². The lowest BCUT2D eigenvalue weighted by Gasteiger charge is -2.11. The van der Waals surface area contributed by atoms with E-state index in [2.05, 4.69) is 0 Å². The van der Waals surface area contributed by atoms with E-state index in [1.54, 1.807) is 24.3 Å². The highest BCUT2D eigenvalue weighted by Crippen LogP contribution is 2.21. The van der Waals surface area contributed by atoms with Crippen molar-refractivity contribution < 1.29 is 17.9 Å². The number of nitrogen functional groups attached to an aromatic ring is 1. The third kappa shape index (κ3) is 4.52. The SMILES string of the molecule is Nc1ccc(CS(=O)(=O)CC(=O)OC2CCCC2)cc1. The molecule has 0 radical (unpaired) electrons. The standard InChI is InChI=1S/C14H19NO4S/c15-12-7-5-11(6-8-12)9-20(17,18)10-14(16)19-13-3-1-2-4-13/h5-8,13H,1-4,9-10,15H2. The zero-order valence-corrected chi connectivity index (χ0v) is 12.1. The van der Waals surface area contributed by atoms with Gasteiger partial charge in [-0.3, -0.25) is 4.79 Å². The second-order valence-electron chi connectivity index (χ2n) is 5.17. The summed E-state index contributed by atoms with van der Waals surface area (Å²) in [5, 5.41) is 0. The number of esters is 1. The largest absolute Gasteiger partial charge is 0.462 e. The van der Waals surface area contributed by atoms with E-state index in [0.29, 0.717) is 11.3 Å². The predicted octanol–water partition coefficient (Wildman–Crippen LogP) is 1.67. The monoisotopic (exact) mass is 297 g/mol. The predicted molar refractivity (Wildman–Crippen MR) is 76.7 cm³/mol. The average molecular weight is 297 g/mol.